The molecule has 0 spiro atoms. The van der Waals surface area contributed by atoms with Gasteiger partial charge in [-0.2, -0.15) is 10.2 Å². The highest BCUT2D eigenvalue weighted by molar-refractivity contribution is 5.64. The molecule has 0 atom stereocenters. The normalized spacial score (nSPS) is 13.9. The Bertz CT molecular complexity index is 917. The SMILES string of the molecule is COc1cc(Oc2c(C3CCC3)ccc(-c3cccnn3)c2F)ncn1. The fourth-order valence-corrected chi connectivity index (χ4v) is 2.95. The quantitative estimate of drug-likeness (QED) is 0.687. The summed E-state index contributed by atoms with van der Waals surface area (Å²) in [7, 11) is 1.50. The van der Waals surface area contributed by atoms with E-state index in [4.69, 9.17) is 9.47 Å². The van der Waals surface area contributed by atoms with Gasteiger partial charge in [0, 0.05) is 17.3 Å². The molecule has 2 aromatic heterocycles. The zero-order chi connectivity index (χ0) is 17.9. The number of aromatic nitrogens is 4. The maximum atomic E-state index is 15.3. The molecule has 4 rings (SSSR count). The van der Waals surface area contributed by atoms with Gasteiger partial charge in [-0.1, -0.05) is 12.5 Å². The second-order valence-electron chi connectivity index (χ2n) is 6.08. The minimum Gasteiger partial charge on any atom is -0.481 e. The summed E-state index contributed by atoms with van der Waals surface area (Å²) in [6, 6.07) is 8.60. The molecule has 0 radical (unpaired) electrons. The van der Waals surface area contributed by atoms with Crippen LogP contribution in [0.1, 0.15) is 30.7 Å². The van der Waals surface area contributed by atoms with E-state index in [-0.39, 0.29) is 11.6 Å². The van der Waals surface area contributed by atoms with E-state index in [1.807, 2.05) is 6.07 Å². The van der Waals surface area contributed by atoms with Crippen molar-refractivity contribution >= 4 is 0 Å². The van der Waals surface area contributed by atoms with Gasteiger partial charge < -0.3 is 9.47 Å². The summed E-state index contributed by atoms with van der Waals surface area (Å²) < 4.78 is 26.3. The lowest BCUT2D eigenvalue weighted by molar-refractivity contribution is 0.368. The Morgan fingerprint density at radius 1 is 1.12 bits per heavy atom. The molecule has 0 saturated heterocycles. The second-order valence-corrected chi connectivity index (χ2v) is 6.08. The molecule has 0 unspecified atom stereocenters. The van der Waals surface area contributed by atoms with Crippen LogP contribution in [0.15, 0.2) is 42.9 Å². The first kappa shape index (κ1) is 16.4. The topological polar surface area (TPSA) is 70.0 Å². The maximum absolute atomic E-state index is 15.3. The van der Waals surface area contributed by atoms with Gasteiger partial charge in [0.2, 0.25) is 11.8 Å². The average Bonchev–Trinajstić information content (AvgIpc) is 2.64. The van der Waals surface area contributed by atoms with Crippen molar-refractivity contribution in [2.75, 3.05) is 7.11 Å². The van der Waals surface area contributed by atoms with Crippen molar-refractivity contribution in [3.8, 4) is 28.8 Å². The first-order valence-corrected chi connectivity index (χ1v) is 8.40. The van der Waals surface area contributed by atoms with E-state index in [1.165, 1.54) is 19.5 Å². The Balaban J connectivity index is 1.78. The summed E-state index contributed by atoms with van der Waals surface area (Å²) in [5.74, 6) is 0.587. The van der Waals surface area contributed by atoms with E-state index in [0.717, 1.165) is 24.8 Å². The molecule has 0 bridgehead atoms. The van der Waals surface area contributed by atoms with Crippen molar-refractivity contribution in [2.45, 2.75) is 25.2 Å². The van der Waals surface area contributed by atoms with E-state index < -0.39 is 5.82 Å². The first-order chi connectivity index (χ1) is 12.8. The van der Waals surface area contributed by atoms with E-state index in [1.54, 1.807) is 24.4 Å². The van der Waals surface area contributed by atoms with Crippen LogP contribution in [0.5, 0.6) is 17.5 Å². The Labute approximate surface area is 150 Å². The van der Waals surface area contributed by atoms with Crippen LogP contribution in [0, 0.1) is 5.82 Å². The van der Waals surface area contributed by atoms with Gasteiger partial charge in [-0.3, -0.25) is 0 Å². The molecule has 1 saturated carbocycles. The number of halogens is 1. The Morgan fingerprint density at radius 3 is 2.65 bits per heavy atom. The maximum Gasteiger partial charge on any atom is 0.226 e. The molecule has 0 aliphatic heterocycles. The van der Waals surface area contributed by atoms with Crippen molar-refractivity contribution in [1.29, 1.82) is 0 Å². The zero-order valence-electron chi connectivity index (χ0n) is 14.2. The highest BCUT2D eigenvalue weighted by Gasteiger charge is 2.27. The number of hydrogen-bond donors (Lipinski definition) is 0. The largest absolute Gasteiger partial charge is 0.481 e. The minimum atomic E-state index is -0.465. The van der Waals surface area contributed by atoms with Crippen LogP contribution in [0.2, 0.25) is 0 Å². The third-order valence-electron chi connectivity index (χ3n) is 4.55. The Kier molecular flexibility index (Phi) is 4.43. The third kappa shape index (κ3) is 3.08. The van der Waals surface area contributed by atoms with Gasteiger partial charge in [-0.05, 0) is 37.0 Å². The standard InChI is InChI=1S/C19H17FN4O2/c1-25-16-10-17(22-11-21-16)26-19-13(12-4-2-5-12)7-8-14(18(19)20)15-6-3-9-23-24-15/h3,6-12H,2,4-5H2,1H3. The molecule has 26 heavy (non-hydrogen) atoms. The first-order valence-electron chi connectivity index (χ1n) is 8.40. The van der Waals surface area contributed by atoms with Crippen LogP contribution >= 0.6 is 0 Å². The highest BCUT2D eigenvalue weighted by atomic mass is 19.1. The highest BCUT2D eigenvalue weighted by Crippen LogP contribution is 2.44. The van der Waals surface area contributed by atoms with Crippen molar-refractivity contribution in [2.24, 2.45) is 0 Å². The number of ether oxygens (including phenoxy) is 2. The molecule has 1 aliphatic carbocycles. The van der Waals surface area contributed by atoms with Crippen LogP contribution in [0.4, 0.5) is 4.39 Å². The van der Waals surface area contributed by atoms with E-state index in [2.05, 4.69) is 20.2 Å². The fraction of sp³-hybridized carbons (Fsp3) is 0.263. The summed E-state index contributed by atoms with van der Waals surface area (Å²) in [5.41, 5.74) is 1.64. The van der Waals surface area contributed by atoms with E-state index >= 15 is 4.39 Å². The minimum absolute atomic E-state index is 0.179. The molecule has 1 aromatic carbocycles. The van der Waals surface area contributed by atoms with Gasteiger partial charge in [-0.15, -0.1) is 0 Å². The second kappa shape index (κ2) is 7.03. The van der Waals surface area contributed by atoms with Crippen LogP contribution < -0.4 is 9.47 Å². The summed E-state index contributed by atoms with van der Waals surface area (Å²) in [5, 5.41) is 7.83. The summed E-state index contributed by atoms with van der Waals surface area (Å²) >= 11 is 0. The van der Waals surface area contributed by atoms with Crippen molar-refractivity contribution in [1.82, 2.24) is 20.2 Å². The molecular formula is C19H17FN4O2. The van der Waals surface area contributed by atoms with Crippen LogP contribution in [0.25, 0.3) is 11.3 Å². The number of rotatable bonds is 5. The van der Waals surface area contributed by atoms with Crippen molar-refractivity contribution in [3.63, 3.8) is 0 Å². The monoisotopic (exact) mass is 352 g/mol. The average molecular weight is 352 g/mol. The lowest BCUT2D eigenvalue weighted by Gasteiger charge is -2.28. The lowest BCUT2D eigenvalue weighted by atomic mass is 9.79. The molecule has 0 N–H and O–H groups in total. The number of benzene rings is 1. The van der Waals surface area contributed by atoms with E-state index in [9.17, 15) is 0 Å². The predicted molar refractivity (Wildman–Crippen MR) is 92.7 cm³/mol. The summed E-state index contributed by atoms with van der Waals surface area (Å²) in [4.78, 5) is 8.01. The van der Waals surface area contributed by atoms with Crippen molar-refractivity contribution in [3.05, 3.63) is 54.2 Å². The molecule has 6 nitrogen and oxygen atoms in total. The van der Waals surface area contributed by atoms with Crippen LogP contribution in [-0.2, 0) is 0 Å². The van der Waals surface area contributed by atoms with Gasteiger partial charge in [0.1, 0.15) is 6.33 Å². The molecule has 2 heterocycles. The van der Waals surface area contributed by atoms with Crippen LogP contribution in [-0.4, -0.2) is 27.3 Å². The van der Waals surface area contributed by atoms with Gasteiger partial charge in [0.15, 0.2) is 11.6 Å². The molecule has 132 valence electrons. The summed E-state index contributed by atoms with van der Waals surface area (Å²) in [6.45, 7) is 0. The Hall–Kier alpha value is -3.09. The van der Waals surface area contributed by atoms with Gasteiger partial charge in [-0.25, -0.2) is 14.4 Å². The van der Waals surface area contributed by atoms with Crippen molar-refractivity contribution < 1.29 is 13.9 Å². The van der Waals surface area contributed by atoms with Gasteiger partial charge >= 0.3 is 0 Å². The molecule has 0 amide bonds. The number of nitrogens with zero attached hydrogens (tertiary/aromatic N) is 4. The molecule has 7 heteroatoms. The summed E-state index contributed by atoms with van der Waals surface area (Å²) in [6.07, 6.45) is 6.05. The number of hydrogen-bond acceptors (Lipinski definition) is 6. The predicted octanol–water partition coefficient (Wildman–Crippen LogP) is 4.14. The van der Waals surface area contributed by atoms with E-state index in [0.29, 0.717) is 23.1 Å². The zero-order valence-corrected chi connectivity index (χ0v) is 14.2. The molecular weight excluding hydrogens is 335 g/mol. The fourth-order valence-electron chi connectivity index (χ4n) is 2.95. The number of methoxy groups -OCH3 is 1. The lowest BCUT2D eigenvalue weighted by Crippen LogP contribution is -2.11. The Morgan fingerprint density at radius 2 is 1.96 bits per heavy atom. The van der Waals surface area contributed by atoms with Gasteiger partial charge in [0.05, 0.1) is 18.9 Å². The third-order valence-corrected chi connectivity index (χ3v) is 4.55. The molecule has 1 aliphatic rings. The van der Waals surface area contributed by atoms with Gasteiger partial charge in [0.25, 0.3) is 0 Å². The smallest absolute Gasteiger partial charge is 0.226 e. The molecule has 3 aromatic rings. The van der Waals surface area contributed by atoms with Crippen LogP contribution in [0.3, 0.4) is 0 Å². The molecule has 1 fully saturated rings.